The number of esters is 1. The molecule has 1 aromatic rings. The maximum absolute atomic E-state index is 13.3. The van der Waals surface area contributed by atoms with E-state index >= 15 is 0 Å². The summed E-state index contributed by atoms with van der Waals surface area (Å²) < 4.78 is 5.94. The Bertz CT molecular complexity index is 976. The number of hydrogen-bond acceptors (Lipinski definition) is 9. The maximum Gasteiger partial charge on any atom is 0.309 e. The molecule has 0 bridgehead atoms. The number of cyclic esters (lactones) is 1. The van der Waals surface area contributed by atoms with Crippen LogP contribution >= 0.6 is 11.3 Å². The molecule has 2 aliphatic rings. The summed E-state index contributed by atoms with van der Waals surface area (Å²) in [6, 6.07) is 0.434. The van der Waals surface area contributed by atoms with Crippen LogP contribution in [0.1, 0.15) is 77.4 Å². The van der Waals surface area contributed by atoms with Crippen molar-refractivity contribution >= 4 is 29.2 Å². The highest BCUT2D eigenvalue weighted by Crippen LogP contribution is 2.39. The molecule has 8 atom stereocenters. The van der Waals surface area contributed by atoms with E-state index in [0.717, 1.165) is 35.5 Å². The van der Waals surface area contributed by atoms with Crippen LogP contribution in [0.5, 0.6) is 0 Å². The molecule has 3 N–H and O–H groups in total. The average molecular weight is 537 g/mol. The van der Waals surface area contributed by atoms with Crippen LogP contribution in [0.3, 0.4) is 0 Å². The van der Waals surface area contributed by atoms with E-state index in [0.29, 0.717) is 13.0 Å². The van der Waals surface area contributed by atoms with Gasteiger partial charge in [0.05, 0.1) is 41.4 Å². The number of nitrogens with zero attached hydrogens (tertiary/aromatic N) is 2. The second-order valence-corrected chi connectivity index (χ2v) is 12.5. The number of aliphatic hydroxyl groups is 3. The minimum Gasteiger partial charge on any atom is -0.458 e. The van der Waals surface area contributed by atoms with Crippen LogP contribution in [-0.2, 0) is 14.3 Å². The molecule has 1 aromatic heterocycles. The summed E-state index contributed by atoms with van der Waals surface area (Å²) in [5.74, 6) is -1.57. The third-order valence-electron chi connectivity index (χ3n) is 8.31. The van der Waals surface area contributed by atoms with E-state index < -0.39 is 35.6 Å². The van der Waals surface area contributed by atoms with Gasteiger partial charge in [-0.05, 0) is 44.3 Å². The van der Waals surface area contributed by atoms with Crippen LogP contribution in [0.25, 0.3) is 6.08 Å². The normalized spacial score (nSPS) is 36.1. The first-order valence-corrected chi connectivity index (χ1v) is 14.3. The number of ether oxygens (including phenoxy) is 1. The van der Waals surface area contributed by atoms with E-state index in [2.05, 4.69) is 9.88 Å². The lowest BCUT2D eigenvalue weighted by atomic mass is 9.73. The lowest BCUT2D eigenvalue weighted by Crippen LogP contribution is -2.45. The largest absolute Gasteiger partial charge is 0.458 e. The molecule has 0 radical (unpaired) electrons. The summed E-state index contributed by atoms with van der Waals surface area (Å²) in [5, 5.41) is 34.3. The average Bonchev–Trinajstić information content (AvgIpc) is 3.29. The number of ketones is 1. The minimum absolute atomic E-state index is 0.0559. The Hall–Kier alpha value is -1.65. The smallest absolute Gasteiger partial charge is 0.309 e. The quantitative estimate of drug-likeness (QED) is 0.396. The molecule has 208 valence electrons. The van der Waals surface area contributed by atoms with Crippen LogP contribution < -0.4 is 0 Å². The van der Waals surface area contributed by atoms with Gasteiger partial charge in [-0.15, -0.1) is 11.3 Å². The van der Waals surface area contributed by atoms with Gasteiger partial charge in [0, 0.05) is 36.3 Å². The second-order valence-electron chi connectivity index (χ2n) is 11.5. The Kier molecular flexibility index (Phi) is 10.1. The lowest BCUT2D eigenvalue weighted by molar-refractivity contribution is -0.154. The third kappa shape index (κ3) is 7.26. The van der Waals surface area contributed by atoms with E-state index in [1.807, 2.05) is 32.2 Å². The fourth-order valence-corrected chi connectivity index (χ4v) is 6.22. The van der Waals surface area contributed by atoms with Gasteiger partial charge in [0.2, 0.25) is 0 Å². The molecule has 2 fully saturated rings. The molecule has 0 saturated carbocycles. The molecule has 0 aromatic carbocycles. The minimum atomic E-state index is -1.24. The van der Waals surface area contributed by atoms with Crippen molar-refractivity contribution in [3.8, 4) is 0 Å². The van der Waals surface area contributed by atoms with E-state index in [1.165, 1.54) is 0 Å². The fourth-order valence-electron chi connectivity index (χ4n) is 5.65. The van der Waals surface area contributed by atoms with Crippen LogP contribution in [0, 0.1) is 24.2 Å². The molecule has 0 aliphatic carbocycles. The highest BCUT2D eigenvalue weighted by molar-refractivity contribution is 7.09. The summed E-state index contributed by atoms with van der Waals surface area (Å²) >= 11 is 1.55. The number of carbonyl (C=O) groups excluding carboxylic acids is 2. The van der Waals surface area contributed by atoms with Crippen LogP contribution in [0.4, 0.5) is 0 Å². The van der Waals surface area contributed by atoms with Crippen molar-refractivity contribution in [2.24, 2.45) is 17.3 Å². The number of β-amino-alcohol motifs (C(OH)–C–C–N with tert-alkyl or cyclic N) is 1. The number of aromatic nitrogens is 1. The van der Waals surface area contributed by atoms with Gasteiger partial charge in [-0.2, -0.15) is 0 Å². The summed E-state index contributed by atoms with van der Waals surface area (Å²) in [5.41, 5.74) is 0.467. The molecule has 9 heteroatoms. The summed E-state index contributed by atoms with van der Waals surface area (Å²) in [4.78, 5) is 33.1. The van der Waals surface area contributed by atoms with Gasteiger partial charge in [-0.25, -0.2) is 4.98 Å². The van der Waals surface area contributed by atoms with Gasteiger partial charge in [0.1, 0.15) is 11.9 Å². The molecule has 0 amide bonds. The zero-order valence-electron chi connectivity index (χ0n) is 23.0. The van der Waals surface area contributed by atoms with E-state index in [9.17, 15) is 24.9 Å². The Labute approximate surface area is 224 Å². The van der Waals surface area contributed by atoms with Gasteiger partial charge in [-0.1, -0.05) is 34.1 Å². The number of Topliss-reactive ketones (excluding diaryl/α,β-unsaturated/α-hetero) is 1. The van der Waals surface area contributed by atoms with Crippen LogP contribution in [-0.4, -0.2) is 80.5 Å². The number of rotatable bonds is 4. The number of fused-ring (bicyclic) bond motifs is 1. The highest BCUT2D eigenvalue weighted by Gasteiger charge is 2.48. The highest BCUT2D eigenvalue weighted by atomic mass is 32.1. The van der Waals surface area contributed by atoms with Crippen molar-refractivity contribution in [2.45, 2.75) is 104 Å². The van der Waals surface area contributed by atoms with Crippen molar-refractivity contribution in [1.82, 2.24) is 9.88 Å². The number of carbonyl (C=O) groups is 2. The van der Waals surface area contributed by atoms with Gasteiger partial charge < -0.3 is 20.1 Å². The number of aliphatic hydroxyl groups excluding tert-OH is 3. The summed E-state index contributed by atoms with van der Waals surface area (Å²) in [7, 11) is 0. The lowest BCUT2D eigenvalue weighted by Gasteiger charge is -2.34. The molecule has 0 spiro atoms. The first kappa shape index (κ1) is 29.9. The standard InChI is InChI=1S/C28H44N2O6S/c1-16-8-7-9-21-22(30(21)10-11-31)13-23(17(2)12-20-15-37-19(4)29-20)36-25(33)14-24(32)28(5,6)27(35)18(3)26(16)34/h12,15-16,18,21-24,26,31-32,34H,7-11,13-14H2,1-6H3/b17-12+/t16?,18?,21-,22+,23?,24?,26+,30?/m1/s1. The Balaban J connectivity index is 1.88. The first-order chi connectivity index (χ1) is 17.4. The topological polar surface area (TPSA) is 120 Å². The summed E-state index contributed by atoms with van der Waals surface area (Å²) in [6.45, 7) is 11.4. The van der Waals surface area contributed by atoms with Gasteiger partial charge in [-0.3, -0.25) is 14.5 Å². The number of hydrogen-bond donors (Lipinski definition) is 3. The van der Waals surface area contributed by atoms with Crippen molar-refractivity contribution in [2.75, 3.05) is 13.2 Å². The molecule has 37 heavy (non-hydrogen) atoms. The van der Waals surface area contributed by atoms with E-state index in [4.69, 9.17) is 4.74 Å². The van der Waals surface area contributed by atoms with Gasteiger partial charge >= 0.3 is 5.97 Å². The van der Waals surface area contributed by atoms with Gasteiger partial charge in [0.25, 0.3) is 0 Å². The zero-order chi connectivity index (χ0) is 27.5. The van der Waals surface area contributed by atoms with E-state index in [1.54, 1.807) is 32.1 Å². The first-order valence-electron chi connectivity index (χ1n) is 13.4. The molecule has 3 heterocycles. The fraction of sp³-hybridized carbons (Fsp3) is 0.750. The van der Waals surface area contributed by atoms with Crippen LogP contribution in [0.2, 0.25) is 0 Å². The number of aryl methyl sites for hydroxylation is 1. The zero-order valence-corrected chi connectivity index (χ0v) is 23.8. The predicted molar refractivity (Wildman–Crippen MR) is 144 cm³/mol. The molecule has 2 aliphatic heterocycles. The SMILES string of the molecule is C/C(=C\c1csc(C)n1)C1C[C@H]2[C@@H](CCCC(C)[C@H](O)C(C)C(=O)C(C)(C)C(O)CC(=O)O1)N2CCO. The molecular weight excluding hydrogens is 492 g/mol. The molecule has 8 nitrogen and oxygen atoms in total. The summed E-state index contributed by atoms with van der Waals surface area (Å²) in [6.07, 6.45) is 2.19. The predicted octanol–water partition coefficient (Wildman–Crippen LogP) is 3.37. The maximum atomic E-state index is 13.3. The third-order valence-corrected chi connectivity index (χ3v) is 9.10. The van der Waals surface area contributed by atoms with Crippen molar-refractivity contribution in [3.63, 3.8) is 0 Å². The molecular formula is C28H44N2O6S. The monoisotopic (exact) mass is 536 g/mol. The Morgan fingerprint density at radius 1 is 1.24 bits per heavy atom. The van der Waals surface area contributed by atoms with Gasteiger partial charge in [0.15, 0.2) is 0 Å². The Morgan fingerprint density at radius 2 is 1.95 bits per heavy atom. The Morgan fingerprint density at radius 3 is 2.57 bits per heavy atom. The number of thiazole rings is 1. The van der Waals surface area contributed by atoms with Crippen molar-refractivity contribution in [3.05, 3.63) is 21.7 Å². The van der Waals surface area contributed by atoms with Crippen molar-refractivity contribution < 1.29 is 29.6 Å². The van der Waals surface area contributed by atoms with Crippen molar-refractivity contribution in [1.29, 1.82) is 0 Å². The van der Waals surface area contributed by atoms with Crippen LogP contribution in [0.15, 0.2) is 11.0 Å². The molecule has 3 rings (SSSR count). The molecule has 5 unspecified atom stereocenters. The second kappa shape index (κ2) is 12.5. The molecule has 2 saturated heterocycles. The van der Waals surface area contributed by atoms with E-state index in [-0.39, 0.29) is 36.8 Å².